The van der Waals surface area contributed by atoms with Crippen LogP contribution in [0.2, 0.25) is 0 Å². The van der Waals surface area contributed by atoms with Crippen molar-refractivity contribution in [1.82, 2.24) is 0 Å². The molecular formula is C15H15NS2. The van der Waals surface area contributed by atoms with Gasteiger partial charge in [-0.3, -0.25) is 0 Å². The van der Waals surface area contributed by atoms with Crippen molar-refractivity contribution >= 4 is 32.1 Å². The summed E-state index contributed by atoms with van der Waals surface area (Å²) in [5, 5.41) is 2.13. The van der Waals surface area contributed by atoms with Crippen LogP contribution in [-0.4, -0.2) is 0 Å². The third-order valence-corrected chi connectivity index (χ3v) is 5.62. The molecule has 2 N–H and O–H groups in total. The second-order valence-corrected chi connectivity index (χ2v) is 6.63. The summed E-state index contributed by atoms with van der Waals surface area (Å²) in [6.07, 6.45) is 0. The molecule has 3 aromatic rings. The summed E-state index contributed by atoms with van der Waals surface area (Å²) in [6, 6.07) is 10.8. The minimum absolute atomic E-state index is 0.00509. The van der Waals surface area contributed by atoms with Crippen molar-refractivity contribution < 1.29 is 0 Å². The van der Waals surface area contributed by atoms with Crippen LogP contribution in [0.25, 0.3) is 9.40 Å². The van der Waals surface area contributed by atoms with E-state index in [1.807, 2.05) is 0 Å². The van der Waals surface area contributed by atoms with Gasteiger partial charge >= 0.3 is 0 Å². The molecule has 18 heavy (non-hydrogen) atoms. The Morgan fingerprint density at radius 3 is 2.72 bits per heavy atom. The Bertz CT molecular complexity index is 665. The van der Waals surface area contributed by atoms with Gasteiger partial charge in [0.2, 0.25) is 0 Å². The van der Waals surface area contributed by atoms with Crippen LogP contribution >= 0.6 is 22.7 Å². The van der Waals surface area contributed by atoms with Crippen molar-refractivity contribution in [1.29, 1.82) is 0 Å². The summed E-state index contributed by atoms with van der Waals surface area (Å²) in [5.41, 5.74) is 10.3. The van der Waals surface area contributed by atoms with Crippen LogP contribution in [0, 0.1) is 13.8 Å². The molecule has 1 aromatic carbocycles. The second-order valence-electron chi connectivity index (χ2n) is 4.56. The summed E-state index contributed by atoms with van der Waals surface area (Å²) in [6.45, 7) is 4.29. The van der Waals surface area contributed by atoms with Crippen molar-refractivity contribution in [3.8, 4) is 0 Å². The number of hydrogen-bond donors (Lipinski definition) is 1. The topological polar surface area (TPSA) is 26.0 Å². The normalized spacial score (nSPS) is 13.1. The highest BCUT2D eigenvalue weighted by Gasteiger charge is 2.15. The highest BCUT2D eigenvalue weighted by atomic mass is 32.1. The Labute approximate surface area is 115 Å². The molecular weight excluding hydrogens is 258 g/mol. The first kappa shape index (κ1) is 11.9. The maximum absolute atomic E-state index is 6.42. The van der Waals surface area contributed by atoms with Crippen LogP contribution in [-0.2, 0) is 0 Å². The quantitative estimate of drug-likeness (QED) is 0.724. The first-order valence-corrected chi connectivity index (χ1v) is 7.65. The minimum Gasteiger partial charge on any atom is -0.320 e. The van der Waals surface area contributed by atoms with Gasteiger partial charge in [0.05, 0.1) is 6.04 Å². The van der Waals surface area contributed by atoms with Gasteiger partial charge in [0.1, 0.15) is 0 Å². The highest BCUT2D eigenvalue weighted by Crippen LogP contribution is 2.35. The van der Waals surface area contributed by atoms with E-state index in [0.29, 0.717) is 0 Å². The third-order valence-electron chi connectivity index (χ3n) is 3.45. The fraction of sp³-hybridized carbons (Fsp3) is 0.200. The maximum atomic E-state index is 6.42. The smallest absolute Gasteiger partial charge is 0.0649 e. The Hall–Kier alpha value is -1.16. The van der Waals surface area contributed by atoms with Crippen LogP contribution in [0.5, 0.6) is 0 Å². The number of fused-ring (bicyclic) bond motifs is 1. The van der Waals surface area contributed by atoms with Gasteiger partial charge in [0.15, 0.2) is 0 Å². The van der Waals surface area contributed by atoms with Crippen LogP contribution < -0.4 is 5.73 Å². The zero-order valence-corrected chi connectivity index (χ0v) is 12.1. The van der Waals surface area contributed by atoms with E-state index in [0.717, 1.165) is 0 Å². The molecule has 1 unspecified atom stereocenters. The van der Waals surface area contributed by atoms with Crippen molar-refractivity contribution in [3.05, 3.63) is 57.3 Å². The summed E-state index contributed by atoms with van der Waals surface area (Å²) < 4.78 is 2.69. The SMILES string of the molecule is Cc1cccc(C(N)c2cc3sccc3s2)c1C. The summed E-state index contributed by atoms with van der Waals surface area (Å²) in [4.78, 5) is 1.26. The predicted molar refractivity (Wildman–Crippen MR) is 81.6 cm³/mol. The van der Waals surface area contributed by atoms with Crippen molar-refractivity contribution in [3.63, 3.8) is 0 Å². The summed E-state index contributed by atoms with van der Waals surface area (Å²) in [7, 11) is 0. The first-order chi connectivity index (χ1) is 8.66. The number of thiophene rings is 2. The Kier molecular flexibility index (Phi) is 2.98. The molecule has 1 atom stereocenters. The number of hydrogen-bond acceptors (Lipinski definition) is 3. The van der Waals surface area contributed by atoms with Gasteiger partial charge in [-0.2, -0.15) is 0 Å². The van der Waals surface area contributed by atoms with Gasteiger partial charge in [0.25, 0.3) is 0 Å². The predicted octanol–water partition coefficient (Wildman–Crippen LogP) is 4.63. The fourth-order valence-electron chi connectivity index (χ4n) is 2.20. The van der Waals surface area contributed by atoms with Gasteiger partial charge in [-0.15, -0.1) is 22.7 Å². The number of aryl methyl sites for hydroxylation is 1. The molecule has 2 aromatic heterocycles. The average Bonchev–Trinajstić information content (AvgIpc) is 2.92. The van der Waals surface area contributed by atoms with Crippen molar-refractivity contribution in [2.45, 2.75) is 19.9 Å². The van der Waals surface area contributed by atoms with Crippen LogP contribution in [0.3, 0.4) is 0 Å². The first-order valence-electron chi connectivity index (χ1n) is 5.95. The zero-order valence-electron chi connectivity index (χ0n) is 10.4. The lowest BCUT2D eigenvalue weighted by molar-refractivity contribution is 0.880. The number of nitrogens with two attached hydrogens (primary N) is 1. The highest BCUT2D eigenvalue weighted by molar-refractivity contribution is 7.27. The number of benzene rings is 1. The molecule has 92 valence electrons. The van der Waals surface area contributed by atoms with Gasteiger partial charge in [-0.1, -0.05) is 18.2 Å². The van der Waals surface area contributed by atoms with E-state index in [1.54, 1.807) is 22.7 Å². The molecule has 0 bridgehead atoms. The molecule has 0 aliphatic rings. The lowest BCUT2D eigenvalue weighted by Gasteiger charge is -2.14. The van der Waals surface area contributed by atoms with E-state index in [9.17, 15) is 0 Å². The third kappa shape index (κ3) is 1.88. The van der Waals surface area contributed by atoms with Gasteiger partial charge in [-0.25, -0.2) is 0 Å². The van der Waals surface area contributed by atoms with Crippen LogP contribution in [0.1, 0.15) is 27.6 Å². The molecule has 3 heteroatoms. The molecule has 1 nitrogen and oxygen atoms in total. The molecule has 3 rings (SSSR count). The standard InChI is InChI=1S/C15H15NS2/c1-9-4-3-5-11(10(9)2)15(16)14-8-13-12(18-14)6-7-17-13/h3-8,15H,16H2,1-2H3. The van der Waals surface area contributed by atoms with E-state index in [1.165, 1.54) is 31.0 Å². The molecule has 0 saturated carbocycles. The molecule has 0 aliphatic heterocycles. The van der Waals surface area contributed by atoms with Crippen LogP contribution in [0.15, 0.2) is 35.7 Å². The van der Waals surface area contributed by atoms with Gasteiger partial charge < -0.3 is 5.73 Å². The molecule has 0 spiro atoms. The fourth-order valence-corrected chi connectivity index (χ4v) is 4.34. The monoisotopic (exact) mass is 273 g/mol. The average molecular weight is 273 g/mol. The van der Waals surface area contributed by atoms with E-state index >= 15 is 0 Å². The lowest BCUT2D eigenvalue weighted by atomic mass is 9.97. The second kappa shape index (κ2) is 4.50. The summed E-state index contributed by atoms with van der Waals surface area (Å²) in [5.74, 6) is 0. The van der Waals surface area contributed by atoms with E-state index in [-0.39, 0.29) is 6.04 Å². The molecule has 0 saturated heterocycles. The number of rotatable bonds is 2. The van der Waals surface area contributed by atoms with Gasteiger partial charge in [0, 0.05) is 14.3 Å². The van der Waals surface area contributed by atoms with Crippen molar-refractivity contribution in [2.24, 2.45) is 5.73 Å². The molecule has 0 radical (unpaired) electrons. The lowest BCUT2D eigenvalue weighted by Crippen LogP contribution is -2.12. The van der Waals surface area contributed by atoms with Crippen molar-refractivity contribution in [2.75, 3.05) is 0 Å². The molecule has 0 aliphatic carbocycles. The molecule has 0 amide bonds. The van der Waals surface area contributed by atoms with E-state index in [4.69, 9.17) is 5.73 Å². The summed E-state index contributed by atoms with van der Waals surface area (Å²) >= 11 is 3.59. The van der Waals surface area contributed by atoms with E-state index in [2.05, 4.69) is 49.6 Å². The Balaban J connectivity index is 2.06. The van der Waals surface area contributed by atoms with E-state index < -0.39 is 0 Å². The Morgan fingerprint density at radius 2 is 1.94 bits per heavy atom. The minimum atomic E-state index is -0.00509. The Morgan fingerprint density at radius 1 is 1.11 bits per heavy atom. The van der Waals surface area contributed by atoms with Crippen LogP contribution in [0.4, 0.5) is 0 Å². The zero-order chi connectivity index (χ0) is 12.7. The largest absolute Gasteiger partial charge is 0.320 e. The molecule has 0 fully saturated rings. The molecule has 2 heterocycles. The maximum Gasteiger partial charge on any atom is 0.0649 e. The van der Waals surface area contributed by atoms with Gasteiger partial charge in [-0.05, 0) is 48.1 Å².